The van der Waals surface area contributed by atoms with Crippen LogP contribution in [-0.2, 0) is 0 Å². The van der Waals surface area contributed by atoms with E-state index in [9.17, 15) is 0 Å². The fraction of sp³-hybridized carbons (Fsp3) is 0. The van der Waals surface area contributed by atoms with Gasteiger partial charge in [0.15, 0.2) is 0 Å². The molecule has 3 heteroatoms. The smallest absolute Gasteiger partial charge is 0.0812 e. The van der Waals surface area contributed by atoms with Gasteiger partial charge in [0.2, 0.25) is 0 Å². The SMILES string of the molecule is [Pb].c1ccc2scnc2c1. The van der Waals surface area contributed by atoms with Gasteiger partial charge in [0.05, 0.1) is 15.7 Å². The molecule has 0 amide bonds. The molecule has 4 radical (unpaired) electrons. The van der Waals surface area contributed by atoms with Crippen molar-refractivity contribution < 1.29 is 0 Å². The Bertz CT molecular complexity index is 288. The largest absolute Gasteiger partial charge is 0.245 e. The first-order chi connectivity index (χ1) is 4.47. The summed E-state index contributed by atoms with van der Waals surface area (Å²) in [7, 11) is 0. The second-order valence-corrected chi connectivity index (χ2v) is 2.71. The van der Waals surface area contributed by atoms with Crippen LogP contribution in [0.1, 0.15) is 0 Å². The number of hydrogen-bond acceptors (Lipinski definition) is 2. The van der Waals surface area contributed by atoms with Crippen LogP contribution in [0.15, 0.2) is 29.8 Å². The molecule has 1 aromatic carbocycles. The maximum Gasteiger partial charge on any atom is 0.0812 e. The van der Waals surface area contributed by atoms with Crippen LogP contribution in [0.3, 0.4) is 0 Å². The average molecular weight is 342 g/mol. The van der Waals surface area contributed by atoms with Crippen molar-refractivity contribution in [2.75, 3.05) is 0 Å². The van der Waals surface area contributed by atoms with Gasteiger partial charge in [-0.25, -0.2) is 4.98 Å². The van der Waals surface area contributed by atoms with Gasteiger partial charge in [-0.1, -0.05) is 12.1 Å². The standard InChI is InChI=1S/C7H5NS.Pb/c1-2-4-7-6(3-1)8-5-9-7;/h1-5H;. The van der Waals surface area contributed by atoms with Crippen molar-refractivity contribution in [3.05, 3.63) is 29.8 Å². The van der Waals surface area contributed by atoms with Gasteiger partial charge in [-0.05, 0) is 12.1 Å². The molecule has 0 aliphatic carbocycles. The Hall–Kier alpha value is 0.0321. The number of benzene rings is 1. The molecule has 0 saturated heterocycles. The summed E-state index contributed by atoms with van der Waals surface area (Å²) in [5.74, 6) is 0. The Morgan fingerprint density at radius 2 is 2.00 bits per heavy atom. The molecular formula is C7H5NPbS. The van der Waals surface area contributed by atoms with Crippen molar-refractivity contribution in [1.82, 2.24) is 4.98 Å². The summed E-state index contributed by atoms with van der Waals surface area (Å²) in [6.07, 6.45) is 0. The molecule has 2 aromatic rings. The molecular weight excluding hydrogens is 337 g/mol. The molecule has 0 aliphatic rings. The van der Waals surface area contributed by atoms with E-state index in [1.165, 1.54) is 4.70 Å². The van der Waals surface area contributed by atoms with E-state index in [1.54, 1.807) is 11.3 Å². The summed E-state index contributed by atoms with van der Waals surface area (Å²) in [6.45, 7) is 0. The summed E-state index contributed by atoms with van der Waals surface area (Å²) in [5, 5.41) is 0. The van der Waals surface area contributed by atoms with Crippen molar-refractivity contribution in [3.63, 3.8) is 0 Å². The maximum absolute atomic E-state index is 4.14. The Morgan fingerprint density at radius 1 is 1.20 bits per heavy atom. The minimum absolute atomic E-state index is 0. The Morgan fingerprint density at radius 3 is 2.80 bits per heavy atom. The summed E-state index contributed by atoms with van der Waals surface area (Å²) >= 11 is 1.68. The number of aromatic nitrogens is 1. The van der Waals surface area contributed by atoms with E-state index in [1.807, 2.05) is 23.7 Å². The first kappa shape index (κ1) is 8.13. The first-order valence-electron chi connectivity index (χ1n) is 2.75. The van der Waals surface area contributed by atoms with E-state index in [0.717, 1.165) is 5.52 Å². The van der Waals surface area contributed by atoms with Crippen LogP contribution in [0.5, 0.6) is 0 Å². The van der Waals surface area contributed by atoms with Gasteiger partial charge >= 0.3 is 0 Å². The fourth-order valence-electron chi connectivity index (χ4n) is 0.803. The molecule has 0 unspecified atom stereocenters. The van der Waals surface area contributed by atoms with Crippen LogP contribution in [0.4, 0.5) is 0 Å². The molecule has 48 valence electrons. The molecule has 0 saturated carbocycles. The molecule has 2 rings (SSSR count). The van der Waals surface area contributed by atoms with Crippen molar-refractivity contribution in [2.24, 2.45) is 0 Å². The average Bonchev–Trinajstić information content (AvgIpc) is 2.33. The normalized spacial score (nSPS) is 9.20. The zero-order chi connectivity index (χ0) is 6.10. The van der Waals surface area contributed by atoms with Crippen LogP contribution < -0.4 is 0 Å². The number of hydrogen-bond donors (Lipinski definition) is 0. The van der Waals surface area contributed by atoms with Crippen LogP contribution in [0.2, 0.25) is 0 Å². The van der Waals surface area contributed by atoms with Crippen molar-refractivity contribution in [1.29, 1.82) is 0 Å². The summed E-state index contributed by atoms with van der Waals surface area (Å²) in [4.78, 5) is 4.14. The van der Waals surface area contributed by atoms with Crippen LogP contribution in [-0.4, -0.2) is 32.3 Å². The van der Waals surface area contributed by atoms with Crippen molar-refractivity contribution in [2.45, 2.75) is 0 Å². The molecule has 0 N–H and O–H groups in total. The van der Waals surface area contributed by atoms with E-state index in [0.29, 0.717) is 0 Å². The zero-order valence-electron chi connectivity index (χ0n) is 5.24. The quantitative estimate of drug-likeness (QED) is 0.667. The zero-order valence-corrected chi connectivity index (χ0v) is 9.95. The minimum Gasteiger partial charge on any atom is -0.245 e. The molecule has 1 nitrogen and oxygen atoms in total. The van der Waals surface area contributed by atoms with Gasteiger partial charge in [-0.15, -0.1) is 11.3 Å². The van der Waals surface area contributed by atoms with Gasteiger partial charge in [0, 0.05) is 27.3 Å². The third-order valence-electron chi connectivity index (χ3n) is 1.24. The third kappa shape index (κ3) is 1.37. The van der Waals surface area contributed by atoms with Crippen molar-refractivity contribution in [3.8, 4) is 0 Å². The maximum atomic E-state index is 4.14. The van der Waals surface area contributed by atoms with Crippen LogP contribution in [0.25, 0.3) is 10.2 Å². The van der Waals surface area contributed by atoms with E-state index in [4.69, 9.17) is 0 Å². The van der Waals surface area contributed by atoms with E-state index >= 15 is 0 Å². The predicted molar refractivity (Wildman–Crippen MR) is 45.4 cm³/mol. The van der Waals surface area contributed by atoms with Gasteiger partial charge < -0.3 is 0 Å². The Labute approximate surface area is 83.3 Å². The molecule has 1 heterocycles. The molecule has 0 aliphatic heterocycles. The van der Waals surface area contributed by atoms with Gasteiger partial charge in [0.25, 0.3) is 0 Å². The van der Waals surface area contributed by atoms with E-state index < -0.39 is 0 Å². The number of fused-ring (bicyclic) bond motifs is 1. The molecule has 1 aromatic heterocycles. The number of rotatable bonds is 0. The monoisotopic (exact) mass is 343 g/mol. The van der Waals surface area contributed by atoms with Crippen molar-refractivity contribution >= 4 is 48.9 Å². The second kappa shape index (κ2) is 3.43. The van der Waals surface area contributed by atoms with E-state index in [-0.39, 0.29) is 27.3 Å². The molecule has 0 bridgehead atoms. The van der Waals surface area contributed by atoms with Gasteiger partial charge in [-0.3, -0.25) is 0 Å². The molecule has 0 spiro atoms. The summed E-state index contributed by atoms with van der Waals surface area (Å²) in [5.41, 5.74) is 2.97. The minimum atomic E-state index is 0. The molecule has 0 atom stereocenters. The second-order valence-electron chi connectivity index (χ2n) is 1.82. The molecule has 10 heavy (non-hydrogen) atoms. The first-order valence-corrected chi connectivity index (χ1v) is 3.63. The fourth-order valence-corrected chi connectivity index (χ4v) is 1.48. The molecule has 0 fully saturated rings. The summed E-state index contributed by atoms with van der Waals surface area (Å²) < 4.78 is 1.26. The number of nitrogens with zero attached hydrogens (tertiary/aromatic N) is 1. The summed E-state index contributed by atoms with van der Waals surface area (Å²) in [6, 6.07) is 8.13. The van der Waals surface area contributed by atoms with Crippen LogP contribution >= 0.6 is 11.3 Å². The third-order valence-corrected chi connectivity index (χ3v) is 2.05. The predicted octanol–water partition coefficient (Wildman–Crippen LogP) is 1.92. The number of thiazole rings is 1. The van der Waals surface area contributed by atoms with Crippen LogP contribution in [0, 0.1) is 0 Å². The van der Waals surface area contributed by atoms with Gasteiger partial charge in [0.1, 0.15) is 0 Å². The van der Waals surface area contributed by atoms with Gasteiger partial charge in [-0.2, -0.15) is 0 Å². The number of para-hydroxylation sites is 1. The topological polar surface area (TPSA) is 12.9 Å². The van der Waals surface area contributed by atoms with E-state index in [2.05, 4.69) is 11.1 Å². The Kier molecular flexibility index (Phi) is 2.79. The Balaban J connectivity index is 0.000000500.